The number of rotatable bonds is 2. The highest BCUT2D eigenvalue weighted by Gasteiger charge is 2.37. The molecule has 3 heterocycles. The van der Waals surface area contributed by atoms with E-state index in [1.54, 1.807) is 0 Å². The van der Waals surface area contributed by atoms with Crippen LogP contribution in [0.5, 0.6) is 0 Å². The Kier molecular flexibility index (Phi) is 2.97. The average molecular weight is 298 g/mol. The monoisotopic (exact) mass is 298 g/mol. The van der Waals surface area contributed by atoms with E-state index in [9.17, 15) is 14.7 Å². The van der Waals surface area contributed by atoms with Crippen LogP contribution in [0.2, 0.25) is 0 Å². The number of nitrogens with one attached hydrogen (secondary N) is 1. The van der Waals surface area contributed by atoms with Crippen LogP contribution in [0.15, 0.2) is 9.59 Å². The number of aliphatic hydroxyl groups excluding tert-OH is 2. The first-order valence-corrected chi connectivity index (χ1v) is 6.16. The van der Waals surface area contributed by atoms with Gasteiger partial charge in [0.05, 0.1) is 12.7 Å². The van der Waals surface area contributed by atoms with Crippen molar-refractivity contribution in [2.24, 2.45) is 0 Å². The lowest BCUT2D eigenvalue weighted by molar-refractivity contribution is -0.0502. The highest BCUT2D eigenvalue weighted by Crippen LogP contribution is 2.29. The molecule has 0 aliphatic carbocycles. The Morgan fingerprint density at radius 1 is 1.48 bits per heavy atom. The number of nitrogen functional groups attached to an aromatic ring is 2. The summed E-state index contributed by atoms with van der Waals surface area (Å²) in [7, 11) is 0. The molecule has 0 radical (unpaired) electrons. The van der Waals surface area contributed by atoms with Gasteiger partial charge >= 0.3 is 5.69 Å². The third kappa shape index (κ3) is 1.90. The molecule has 11 nitrogen and oxygen atoms in total. The van der Waals surface area contributed by atoms with Crippen LogP contribution in [0.25, 0.3) is 11.2 Å². The molecular formula is C10H14N6O5. The number of fused-ring (bicyclic) bond motifs is 1. The van der Waals surface area contributed by atoms with Crippen molar-refractivity contribution in [1.29, 1.82) is 0 Å². The molecule has 0 spiro atoms. The van der Waals surface area contributed by atoms with Gasteiger partial charge in [0.15, 0.2) is 17.4 Å². The Labute approximate surface area is 116 Å². The molecule has 0 unspecified atom stereocenters. The van der Waals surface area contributed by atoms with Crippen molar-refractivity contribution in [1.82, 2.24) is 19.2 Å². The number of nitrogens with two attached hydrogens (primary N) is 2. The van der Waals surface area contributed by atoms with Gasteiger partial charge in [-0.1, -0.05) is 0 Å². The second-order valence-electron chi connectivity index (χ2n) is 4.78. The Balaban J connectivity index is 2.22. The van der Waals surface area contributed by atoms with Gasteiger partial charge in [0.25, 0.3) is 5.56 Å². The first-order chi connectivity index (χ1) is 9.93. The van der Waals surface area contributed by atoms with Crippen LogP contribution in [0.4, 0.5) is 5.95 Å². The molecule has 11 heteroatoms. The Morgan fingerprint density at radius 2 is 2.19 bits per heavy atom. The molecule has 1 saturated heterocycles. The third-order valence-electron chi connectivity index (χ3n) is 3.43. The number of nitrogens with zero attached hydrogens (tertiary/aromatic N) is 3. The number of imidazole rings is 1. The lowest BCUT2D eigenvalue weighted by atomic mass is 10.2. The van der Waals surface area contributed by atoms with Gasteiger partial charge < -0.3 is 26.5 Å². The summed E-state index contributed by atoms with van der Waals surface area (Å²) in [5, 5.41) is 19.0. The molecular weight excluding hydrogens is 284 g/mol. The molecule has 1 aliphatic rings. The highest BCUT2D eigenvalue weighted by atomic mass is 16.5. The minimum atomic E-state index is -1.07. The van der Waals surface area contributed by atoms with Crippen LogP contribution in [0.1, 0.15) is 12.6 Å². The summed E-state index contributed by atoms with van der Waals surface area (Å²) in [4.78, 5) is 30.1. The summed E-state index contributed by atoms with van der Waals surface area (Å²) in [6, 6.07) is 0. The number of hydrogen-bond donors (Lipinski definition) is 5. The van der Waals surface area contributed by atoms with Gasteiger partial charge in [-0.25, -0.2) is 9.36 Å². The van der Waals surface area contributed by atoms with Crippen molar-refractivity contribution in [3.63, 3.8) is 0 Å². The lowest BCUT2D eigenvalue weighted by Gasteiger charge is -2.15. The molecule has 0 aromatic carbocycles. The van der Waals surface area contributed by atoms with E-state index in [0.717, 1.165) is 4.57 Å². The van der Waals surface area contributed by atoms with Gasteiger partial charge in [-0.2, -0.15) is 9.66 Å². The fourth-order valence-electron chi connectivity index (χ4n) is 2.40. The second kappa shape index (κ2) is 4.58. The zero-order valence-electron chi connectivity index (χ0n) is 10.8. The van der Waals surface area contributed by atoms with Gasteiger partial charge in [-0.15, -0.1) is 0 Å². The van der Waals surface area contributed by atoms with Crippen LogP contribution in [0.3, 0.4) is 0 Å². The van der Waals surface area contributed by atoms with Crippen LogP contribution in [0, 0.1) is 0 Å². The first kappa shape index (κ1) is 13.6. The third-order valence-corrected chi connectivity index (χ3v) is 3.43. The van der Waals surface area contributed by atoms with Gasteiger partial charge in [0, 0.05) is 6.42 Å². The SMILES string of the molecule is Nc1nc2c([nH]c(=O)n2[C@@H]2O[C@H](CO)C[C@H]2O)c(=O)n1N. The largest absolute Gasteiger partial charge is 0.394 e. The molecule has 7 N–H and O–H groups in total. The van der Waals surface area contributed by atoms with E-state index in [2.05, 4.69) is 9.97 Å². The minimum absolute atomic E-state index is 0.0631. The molecule has 0 amide bonds. The Hall–Kier alpha value is -2.37. The number of hydrogen-bond acceptors (Lipinski definition) is 8. The van der Waals surface area contributed by atoms with Crippen molar-refractivity contribution in [3.05, 3.63) is 20.8 Å². The van der Waals surface area contributed by atoms with E-state index < -0.39 is 29.7 Å². The summed E-state index contributed by atoms with van der Waals surface area (Å²) in [5.74, 6) is 5.12. The van der Waals surface area contributed by atoms with E-state index >= 15 is 0 Å². The highest BCUT2D eigenvalue weighted by molar-refractivity contribution is 5.71. The normalized spacial score (nSPS) is 25.7. The summed E-state index contributed by atoms with van der Waals surface area (Å²) in [5.41, 5.74) is 3.89. The fraction of sp³-hybridized carbons (Fsp3) is 0.500. The molecule has 2 aromatic rings. The Bertz CT molecular complexity index is 807. The van der Waals surface area contributed by atoms with Gasteiger partial charge in [-0.05, 0) is 0 Å². The van der Waals surface area contributed by atoms with Crippen LogP contribution < -0.4 is 22.8 Å². The molecule has 1 fully saturated rings. The summed E-state index contributed by atoms with van der Waals surface area (Å²) >= 11 is 0. The molecule has 3 rings (SSSR count). The standard InChI is InChI=1S/C10H14N6O5/c11-9-14-6-5(7(19)16(9)12)13-10(20)15(6)8-4(18)1-3(2-17)21-8/h3-4,8,17-18H,1-2,12H2,(H2,11,14)(H,13,20)/t3-,4+,8+/m0/s1. The molecule has 2 aromatic heterocycles. The van der Waals surface area contributed by atoms with Crippen molar-refractivity contribution in [3.8, 4) is 0 Å². The molecule has 0 bridgehead atoms. The molecule has 21 heavy (non-hydrogen) atoms. The lowest BCUT2D eigenvalue weighted by Crippen LogP contribution is -2.31. The molecule has 3 atom stereocenters. The number of aromatic nitrogens is 4. The summed E-state index contributed by atoms with van der Waals surface area (Å²) in [6.07, 6.45) is -2.54. The quantitative estimate of drug-likeness (QED) is 0.361. The zero-order valence-corrected chi connectivity index (χ0v) is 10.8. The van der Waals surface area contributed by atoms with Gasteiger partial charge in [-0.3, -0.25) is 9.78 Å². The number of anilines is 1. The summed E-state index contributed by atoms with van der Waals surface area (Å²) in [6.45, 7) is -0.296. The van der Waals surface area contributed by atoms with E-state index in [4.69, 9.17) is 21.4 Å². The average Bonchev–Trinajstić information content (AvgIpc) is 2.96. The predicted octanol–water partition coefficient (Wildman–Crippen LogP) is -3.18. The van der Waals surface area contributed by atoms with Crippen molar-refractivity contribution in [2.75, 3.05) is 18.2 Å². The number of ether oxygens (including phenoxy) is 1. The topological polar surface area (TPSA) is 174 Å². The molecule has 0 saturated carbocycles. The molecule has 114 valence electrons. The first-order valence-electron chi connectivity index (χ1n) is 6.16. The van der Waals surface area contributed by atoms with E-state index in [1.807, 2.05) is 0 Å². The summed E-state index contributed by atoms with van der Waals surface area (Å²) < 4.78 is 6.98. The number of H-pyrrole nitrogens is 1. The van der Waals surface area contributed by atoms with Crippen molar-refractivity contribution < 1.29 is 14.9 Å². The fourth-order valence-corrected chi connectivity index (χ4v) is 2.40. The van der Waals surface area contributed by atoms with Gasteiger partial charge in [0.2, 0.25) is 5.95 Å². The van der Waals surface area contributed by atoms with Crippen molar-refractivity contribution in [2.45, 2.75) is 24.9 Å². The van der Waals surface area contributed by atoms with E-state index in [-0.39, 0.29) is 30.1 Å². The van der Waals surface area contributed by atoms with E-state index in [1.165, 1.54) is 0 Å². The number of aliphatic hydroxyl groups is 2. The Morgan fingerprint density at radius 3 is 2.81 bits per heavy atom. The van der Waals surface area contributed by atoms with Gasteiger partial charge in [0.1, 0.15) is 6.10 Å². The molecule has 1 aliphatic heterocycles. The maximum Gasteiger partial charge on any atom is 0.330 e. The van der Waals surface area contributed by atoms with E-state index in [0.29, 0.717) is 4.68 Å². The maximum atomic E-state index is 12.0. The smallest absolute Gasteiger partial charge is 0.330 e. The van der Waals surface area contributed by atoms with Crippen LogP contribution >= 0.6 is 0 Å². The van der Waals surface area contributed by atoms with Crippen LogP contribution in [-0.2, 0) is 4.74 Å². The second-order valence-corrected chi connectivity index (χ2v) is 4.78. The van der Waals surface area contributed by atoms with Crippen LogP contribution in [-0.4, -0.2) is 48.2 Å². The maximum absolute atomic E-state index is 12.0. The predicted molar refractivity (Wildman–Crippen MR) is 70.8 cm³/mol. The number of aromatic amines is 1. The zero-order chi connectivity index (χ0) is 15.3. The minimum Gasteiger partial charge on any atom is -0.394 e. The van der Waals surface area contributed by atoms with Crippen molar-refractivity contribution >= 4 is 17.1 Å².